The Kier molecular flexibility index (Phi) is 5.71. The summed E-state index contributed by atoms with van der Waals surface area (Å²) in [5, 5.41) is 3.50. The molecule has 3 aromatic carbocycles. The summed E-state index contributed by atoms with van der Waals surface area (Å²) in [4.78, 5) is 27.6. The minimum atomic E-state index is -0.180. The molecule has 1 heterocycles. The van der Waals surface area contributed by atoms with Gasteiger partial charge in [-0.3, -0.25) is 9.59 Å². The Morgan fingerprint density at radius 2 is 1.56 bits per heavy atom. The van der Waals surface area contributed by atoms with Gasteiger partial charge in [0.25, 0.3) is 11.8 Å². The second kappa shape index (κ2) is 8.79. The van der Waals surface area contributed by atoms with Crippen molar-refractivity contribution in [2.75, 3.05) is 5.32 Å². The van der Waals surface area contributed by atoms with Gasteiger partial charge in [-0.1, -0.05) is 55.1 Å². The molecule has 1 N–H and O–H groups in total. The maximum Gasteiger partial charge on any atom is 0.255 e. The van der Waals surface area contributed by atoms with Gasteiger partial charge in [0.2, 0.25) is 0 Å². The Labute approximate surface area is 193 Å². The van der Waals surface area contributed by atoms with Crippen molar-refractivity contribution in [3.05, 3.63) is 88.4 Å². The molecular formula is C27H25ClN2O2. The number of carbonyl (C=O) groups is 2. The molecule has 0 atom stereocenters. The van der Waals surface area contributed by atoms with Crippen molar-refractivity contribution in [2.45, 2.75) is 44.7 Å². The lowest BCUT2D eigenvalue weighted by atomic mass is 9.94. The quantitative estimate of drug-likeness (QED) is 0.496. The molecule has 0 unspecified atom stereocenters. The van der Waals surface area contributed by atoms with Gasteiger partial charge in [-0.25, -0.2) is 0 Å². The van der Waals surface area contributed by atoms with Crippen molar-refractivity contribution in [3.8, 4) is 11.1 Å². The van der Waals surface area contributed by atoms with Gasteiger partial charge in [0.05, 0.1) is 0 Å². The fourth-order valence-electron chi connectivity index (χ4n) is 4.74. The van der Waals surface area contributed by atoms with Crippen molar-refractivity contribution in [2.24, 2.45) is 0 Å². The number of benzene rings is 3. The fourth-order valence-corrected chi connectivity index (χ4v) is 4.87. The van der Waals surface area contributed by atoms with E-state index in [9.17, 15) is 9.59 Å². The highest BCUT2D eigenvalue weighted by Crippen LogP contribution is 2.33. The van der Waals surface area contributed by atoms with Crippen LogP contribution >= 0.6 is 11.6 Å². The predicted octanol–water partition coefficient (Wildman–Crippen LogP) is 6.55. The second-order valence-corrected chi connectivity index (χ2v) is 9.07. The summed E-state index contributed by atoms with van der Waals surface area (Å²) in [5.74, 6) is -0.0130. The Morgan fingerprint density at radius 3 is 2.28 bits per heavy atom. The number of anilines is 1. The minimum absolute atomic E-state index is 0.167. The third kappa shape index (κ3) is 4.15. The van der Waals surface area contributed by atoms with Crippen molar-refractivity contribution >= 4 is 29.1 Å². The summed E-state index contributed by atoms with van der Waals surface area (Å²) in [6.45, 7) is 0.731. The number of hydrogen-bond acceptors (Lipinski definition) is 2. The van der Waals surface area contributed by atoms with Crippen LogP contribution in [0.25, 0.3) is 11.1 Å². The van der Waals surface area contributed by atoms with Crippen molar-refractivity contribution in [1.82, 2.24) is 4.90 Å². The van der Waals surface area contributed by atoms with Crippen LogP contribution in [0.1, 0.15) is 58.4 Å². The zero-order chi connectivity index (χ0) is 22.1. The molecule has 2 amide bonds. The van der Waals surface area contributed by atoms with E-state index in [0.29, 0.717) is 16.6 Å². The van der Waals surface area contributed by atoms with Gasteiger partial charge in [-0.15, -0.1) is 0 Å². The highest BCUT2D eigenvalue weighted by Gasteiger charge is 2.33. The summed E-state index contributed by atoms with van der Waals surface area (Å²) in [6, 6.07) is 21.1. The van der Waals surface area contributed by atoms with Crippen LogP contribution in [0, 0.1) is 0 Å². The number of rotatable bonds is 4. The number of fused-ring (bicyclic) bond motifs is 1. The normalized spacial score (nSPS) is 16.2. The molecule has 32 heavy (non-hydrogen) atoms. The Bertz CT molecular complexity index is 1150. The number of amides is 2. The molecule has 1 saturated carbocycles. The molecule has 1 aliphatic carbocycles. The number of halogens is 1. The molecule has 0 bridgehead atoms. The predicted molar refractivity (Wildman–Crippen MR) is 128 cm³/mol. The molecule has 4 nitrogen and oxygen atoms in total. The molecule has 0 radical (unpaired) electrons. The van der Waals surface area contributed by atoms with Gasteiger partial charge < -0.3 is 10.2 Å². The molecular weight excluding hydrogens is 420 g/mol. The third-order valence-corrected chi connectivity index (χ3v) is 6.79. The van der Waals surface area contributed by atoms with E-state index in [-0.39, 0.29) is 11.8 Å². The van der Waals surface area contributed by atoms with Crippen LogP contribution in [-0.2, 0) is 6.54 Å². The van der Waals surface area contributed by atoms with Crippen molar-refractivity contribution in [3.63, 3.8) is 0 Å². The summed E-state index contributed by atoms with van der Waals surface area (Å²) in [5.41, 5.74) is 5.25. The lowest BCUT2D eigenvalue weighted by Crippen LogP contribution is -2.36. The van der Waals surface area contributed by atoms with Crippen LogP contribution in [0.4, 0.5) is 5.69 Å². The summed E-state index contributed by atoms with van der Waals surface area (Å²) < 4.78 is 0. The van der Waals surface area contributed by atoms with Crippen LogP contribution in [0.3, 0.4) is 0 Å². The molecule has 5 rings (SSSR count). The van der Waals surface area contributed by atoms with E-state index in [1.165, 1.54) is 19.3 Å². The highest BCUT2D eigenvalue weighted by molar-refractivity contribution is 6.30. The molecule has 162 valence electrons. The molecule has 0 saturated heterocycles. The number of carbonyl (C=O) groups excluding carboxylic acids is 2. The molecule has 1 aliphatic heterocycles. The number of nitrogens with one attached hydrogen (secondary N) is 1. The lowest BCUT2D eigenvalue weighted by Gasteiger charge is -2.30. The third-order valence-electron chi connectivity index (χ3n) is 6.54. The lowest BCUT2D eigenvalue weighted by molar-refractivity contribution is 0.0660. The fraction of sp³-hybridized carbons (Fsp3) is 0.259. The van der Waals surface area contributed by atoms with Gasteiger partial charge in [-0.2, -0.15) is 0 Å². The summed E-state index contributed by atoms with van der Waals surface area (Å²) in [7, 11) is 0. The first-order valence-corrected chi connectivity index (χ1v) is 11.6. The van der Waals surface area contributed by atoms with E-state index >= 15 is 0 Å². The van der Waals surface area contributed by atoms with E-state index < -0.39 is 0 Å². The van der Waals surface area contributed by atoms with E-state index in [1.807, 2.05) is 30.3 Å². The molecule has 3 aromatic rings. The smallest absolute Gasteiger partial charge is 0.255 e. The first kappa shape index (κ1) is 20.8. The van der Waals surface area contributed by atoms with Crippen LogP contribution in [0.15, 0.2) is 66.7 Å². The number of hydrogen-bond donors (Lipinski definition) is 1. The summed E-state index contributed by atoms with van der Waals surface area (Å²) >= 11 is 5.89. The topological polar surface area (TPSA) is 49.4 Å². The Balaban J connectivity index is 1.30. The molecule has 2 aliphatic rings. The van der Waals surface area contributed by atoms with E-state index in [4.69, 9.17) is 11.6 Å². The van der Waals surface area contributed by atoms with E-state index in [2.05, 4.69) is 22.3 Å². The average Bonchev–Trinajstić information content (AvgIpc) is 3.16. The van der Waals surface area contributed by atoms with Crippen molar-refractivity contribution in [1.29, 1.82) is 0 Å². The Hall–Kier alpha value is -3.11. The average molecular weight is 445 g/mol. The van der Waals surface area contributed by atoms with Crippen molar-refractivity contribution < 1.29 is 9.59 Å². The van der Waals surface area contributed by atoms with Crippen LogP contribution < -0.4 is 5.32 Å². The van der Waals surface area contributed by atoms with Gasteiger partial charge in [0.1, 0.15) is 0 Å². The molecule has 0 aromatic heterocycles. The SMILES string of the molecule is O=C(Nc1ccc(-c2ccc3c(c2)C(=O)N(C2CCCCC2)C3)cc1)c1ccc(Cl)cc1. The van der Waals surface area contributed by atoms with Gasteiger partial charge >= 0.3 is 0 Å². The van der Waals surface area contributed by atoms with Gasteiger partial charge in [-0.05, 0) is 72.0 Å². The van der Waals surface area contributed by atoms with E-state index in [0.717, 1.165) is 47.3 Å². The second-order valence-electron chi connectivity index (χ2n) is 8.64. The molecule has 5 heteroatoms. The van der Waals surface area contributed by atoms with Crippen LogP contribution in [0.2, 0.25) is 5.02 Å². The zero-order valence-corrected chi connectivity index (χ0v) is 18.6. The minimum Gasteiger partial charge on any atom is -0.331 e. The van der Waals surface area contributed by atoms with Gasteiger partial charge in [0.15, 0.2) is 0 Å². The first-order chi connectivity index (χ1) is 15.6. The first-order valence-electron chi connectivity index (χ1n) is 11.2. The maximum atomic E-state index is 13.1. The van der Waals surface area contributed by atoms with Gasteiger partial charge in [0, 0.05) is 34.4 Å². The maximum absolute atomic E-state index is 13.1. The largest absolute Gasteiger partial charge is 0.331 e. The monoisotopic (exact) mass is 444 g/mol. The summed E-state index contributed by atoms with van der Waals surface area (Å²) in [6.07, 6.45) is 5.96. The Morgan fingerprint density at radius 1 is 0.875 bits per heavy atom. The molecule has 0 spiro atoms. The number of nitrogens with zero attached hydrogens (tertiary/aromatic N) is 1. The van der Waals surface area contributed by atoms with Crippen LogP contribution in [-0.4, -0.2) is 22.8 Å². The van der Waals surface area contributed by atoms with E-state index in [1.54, 1.807) is 24.3 Å². The zero-order valence-electron chi connectivity index (χ0n) is 17.8. The highest BCUT2D eigenvalue weighted by atomic mass is 35.5. The standard InChI is InChI=1S/C27H25ClN2O2/c28-22-12-8-19(9-13-22)26(31)29-23-14-10-18(11-15-23)20-6-7-21-17-30(27(32)25(21)16-20)24-4-2-1-3-5-24/h6-16,24H,1-5,17H2,(H,29,31). The van der Waals surface area contributed by atoms with Crippen LogP contribution in [0.5, 0.6) is 0 Å². The molecule has 1 fully saturated rings.